The second-order valence-electron chi connectivity index (χ2n) is 4.58. The number of benzene rings is 1. The molecule has 4 heteroatoms. The van der Waals surface area contributed by atoms with E-state index in [1.807, 2.05) is 6.20 Å². The molecule has 0 N–H and O–H groups in total. The van der Waals surface area contributed by atoms with E-state index < -0.39 is 0 Å². The number of nitrogens with zero attached hydrogens (tertiary/aromatic N) is 2. The largest absolute Gasteiger partial charge is 0.268 e. The van der Waals surface area contributed by atoms with Crippen molar-refractivity contribution in [2.24, 2.45) is 0 Å². The van der Waals surface area contributed by atoms with Gasteiger partial charge < -0.3 is 0 Å². The highest BCUT2D eigenvalue weighted by Gasteiger charge is 2.12. The van der Waals surface area contributed by atoms with Crippen molar-refractivity contribution in [1.29, 1.82) is 0 Å². The van der Waals surface area contributed by atoms with Crippen LogP contribution in [0.15, 0.2) is 41.0 Å². The lowest BCUT2D eigenvalue weighted by Crippen LogP contribution is -2.05. The smallest absolute Gasteiger partial charge is 0.0635 e. The molecule has 0 aliphatic carbocycles. The topological polar surface area (TPSA) is 17.8 Å². The molecule has 1 atom stereocenters. The number of halogens is 2. The Morgan fingerprint density at radius 1 is 1.26 bits per heavy atom. The highest BCUT2D eigenvalue weighted by molar-refractivity contribution is 9.10. The van der Waals surface area contributed by atoms with E-state index in [0.717, 1.165) is 30.3 Å². The quantitative estimate of drug-likeness (QED) is 0.630. The Hall–Kier alpha value is -0.610. The van der Waals surface area contributed by atoms with Crippen molar-refractivity contribution in [3.8, 4) is 0 Å². The molecule has 0 aliphatic rings. The lowest BCUT2D eigenvalue weighted by atomic mass is 10.1. The summed E-state index contributed by atoms with van der Waals surface area (Å²) >= 11 is 7.37. The fourth-order valence-corrected chi connectivity index (χ4v) is 3.16. The number of aromatic nitrogens is 2. The Balaban J connectivity index is 2.00. The second-order valence-corrected chi connectivity index (χ2v) is 6.54. The predicted molar refractivity (Wildman–Crippen MR) is 86.6 cm³/mol. The highest BCUT2D eigenvalue weighted by atomic mass is 79.9. The zero-order valence-corrected chi connectivity index (χ0v) is 14.2. The van der Waals surface area contributed by atoms with Crippen LogP contribution in [0.4, 0.5) is 0 Å². The maximum atomic E-state index is 4.41. The zero-order chi connectivity index (χ0) is 13.7. The van der Waals surface area contributed by atoms with Crippen LogP contribution in [0.3, 0.4) is 0 Å². The van der Waals surface area contributed by atoms with Crippen LogP contribution in [0.1, 0.15) is 35.8 Å². The number of aryl methyl sites for hydroxylation is 1. The van der Waals surface area contributed by atoms with Crippen molar-refractivity contribution in [3.63, 3.8) is 0 Å². The van der Waals surface area contributed by atoms with E-state index in [-0.39, 0.29) is 0 Å². The summed E-state index contributed by atoms with van der Waals surface area (Å²) in [5.74, 6) is 0. The van der Waals surface area contributed by atoms with E-state index in [1.54, 1.807) is 0 Å². The first-order valence-corrected chi connectivity index (χ1v) is 8.32. The Morgan fingerprint density at radius 3 is 2.68 bits per heavy atom. The summed E-state index contributed by atoms with van der Waals surface area (Å²) in [6, 6.07) is 10.5. The molecule has 0 saturated carbocycles. The Bertz CT molecular complexity index is 508. The van der Waals surface area contributed by atoms with Gasteiger partial charge in [0.05, 0.1) is 16.4 Å². The minimum atomic E-state index is 0.394. The van der Waals surface area contributed by atoms with Crippen LogP contribution in [0, 0.1) is 0 Å². The van der Waals surface area contributed by atoms with E-state index in [9.17, 15) is 0 Å². The fraction of sp³-hybridized carbons (Fsp3) is 0.400. The van der Waals surface area contributed by atoms with E-state index in [4.69, 9.17) is 0 Å². The summed E-state index contributed by atoms with van der Waals surface area (Å²) in [5, 5.41) is 4.41. The molecule has 0 aliphatic heterocycles. The van der Waals surface area contributed by atoms with Gasteiger partial charge in [0.15, 0.2) is 0 Å². The molecule has 19 heavy (non-hydrogen) atoms. The molecule has 1 aromatic carbocycles. The van der Waals surface area contributed by atoms with Crippen LogP contribution < -0.4 is 0 Å². The average molecular weight is 386 g/mol. The first kappa shape index (κ1) is 14.8. The highest BCUT2D eigenvalue weighted by Crippen LogP contribution is 2.29. The van der Waals surface area contributed by atoms with Crippen LogP contribution in [0.5, 0.6) is 0 Å². The Morgan fingerprint density at radius 2 is 2.00 bits per heavy atom. The maximum absolute atomic E-state index is 4.41. The molecule has 0 amide bonds. The van der Waals surface area contributed by atoms with Crippen LogP contribution in [-0.2, 0) is 13.0 Å². The second kappa shape index (κ2) is 7.25. The lowest BCUT2D eigenvalue weighted by molar-refractivity contribution is 0.566. The third-order valence-corrected chi connectivity index (χ3v) is 4.78. The van der Waals surface area contributed by atoms with Crippen molar-refractivity contribution in [3.05, 3.63) is 52.3 Å². The molecule has 1 heterocycles. The lowest BCUT2D eigenvalue weighted by Gasteiger charge is -2.11. The fourth-order valence-electron chi connectivity index (χ4n) is 2.13. The van der Waals surface area contributed by atoms with Gasteiger partial charge in [-0.25, -0.2) is 0 Å². The van der Waals surface area contributed by atoms with E-state index in [0.29, 0.717) is 4.83 Å². The molecule has 2 aromatic rings. The summed E-state index contributed by atoms with van der Waals surface area (Å²) in [7, 11) is 0. The third-order valence-electron chi connectivity index (χ3n) is 3.13. The van der Waals surface area contributed by atoms with E-state index in [1.165, 1.54) is 11.3 Å². The molecule has 0 saturated heterocycles. The Labute approximate surface area is 131 Å². The maximum Gasteiger partial charge on any atom is 0.0635 e. The monoisotopic (exact) mass is 384 g/mol. The number of hydrogen-bond donors (Lipinski definition) is 0. The van der Waals surface area contributed by atoms with Gasteiger partial charge in [-0.2, -0.15) is 5.10 Å². The molecule has 1 unspecified atom stereocenters. The molecule has 102 valence electrons. The molecule has 1 aromatic heterocycles. The van der Waals surface area contributed by atoms with Crippen molar-refractivity contribution >= 4 is 31.9 Å². The normalized spacial score (nSPS) is 12.6. The van der Waals surface area contributed by atoms with Gasteiger partial charge in [0.2, 0.25) is 0 Å². The van der Waals surface area contributed by atoms with Crippen LogP contribution >= 0.6 is 31.9 Å². The van der Waals surface area contributed by atoms with Gasteiger partial charge in [0.25, 0.3) is 0 Å². The van der Waals surface area contributed by atoms with Crippen LogP contribution in [-0.4, -0.2) is 9.78 Å². The minimum Gasteiger partial charge on any atom is -0.268 e. The number of hydrogen-bond acceptors (Lipinski definition) is 1. The molecule has 0 radical (unpaired) electrons. The van der Waals surface area contributed by atoms with Gasteiger partial charge in [-0.05, 0) is 40.8 Å². The van der Waals surface area contributed by atoms with Crippen molar-refractivity contribution in [1.82, 2.24) is 9.78 Å². The van der Waals surface area contributed by atoms with E-state index in [2.05, 4.69) is 78.9 Å². The van der Waals surface area contributed by atoms with Gasteiger partial charge in [-0.3, -0.25) is 4.68 Å². The summed E-state index contributed by atoms with van der Waals surface area (Å²) in [4.78, 5) is 0.394. The van der Waals surface area contributed by atoms with Crippen LogP contribution in [0.2, 0.25) is 0 Å². The van der Waals surface area contributed by atoms with Gasteiger partial charge in [-0.15, -0.1) is 0 Å². The SMILES string of the molecule is CCCn1ncc(Br)c1CCC(Br)c1ccccc1. The van der Waals surface area contributed by atoms with Gasteiger partial charge in [-0.1, -0.05) is 53.2 Å². The summed E-state index contributed by atoms with van der Waals surface area (Å²) in [5.41, 5.74) is 2.63. The average Bonchev–Trinajstić information content (AvgIpc) is 2.78. The van der Waals surface area contributed by atoms with Gasteiger partial charge in [0, 0.05) is 11.4 Å². The summed E-state index contributed by atoms with van der Waals surface area (Å²) in [6.07, 6.45) is 5.09. The van der Waals surface area contributed by atoms with Gasteiger partial charge >= 0.3 is 0 Å². The number of alkyl halides is 1. The Kier molecular flexibility index (Phi) is 5.64. The first-order chi connectivity index (χ1) is 9.22. The standard InChI is InChI=1S/C15H18Br2N2/c1-2-10-19-15(14(17)11-18-19)9-8-13(16)12-6-4-3-5-7-12/h3-7,11,13H,2,8-10H2,1H3. The molecular weight excluding hydrogens is 368 g/mol. The van der Waals surface area contributed by atoms with E-state index >= 15 is 0 Å². The zero-order valence-electron chi connectivity index (χ0n) is 11.0. The molecule has 0 bridgehead atoms. The third kappa shape index (κ3) is 3.93. The molecule has 0 spiro atoms. The molecule has 2 rings (SSSR count). The minimum absolute atomic E-state index is 0.394. The number of rotatable bonds is 6. The predicted octanol–water partition coefficient (Wildman–Crippen LogP) is 5.12. The van der Waals surface area contributed by atoms with Gasteiger partial charge in [0.1, 0.15) is 0 Å². The van der Waals surface area contributed by atoms with Crippen LogP contribution in [0.25, 0.3) is 0 Å². The first-order valence-electron chi connectivity index (χ1n) is 6.61. The molecule has 2 nitrogen and oxygen atoms in total. The van der Waals surface area contributed by atoms with Crippen molar-refractivity contribution in [2.45, 2.75) is 37.6 Å². The molecular formula is C15H18Br2N2. The summed E-state index contributed by atoms with van der Waals surface area (Å²) < 4.78 is 3.23. The summed E-state index contributed by atoms with van der Waals surface area (Å²) in [6.45, 7) is 3.16. The molecule has 0 fully saturated rings. The van der Waals surface area contributed by atoms with Crippen molar-refractivity contribution < 1.29 is 0 Å². The van der Waals surface area contributed by atoms with Crippen molar-refractivity contribution in [2.75, 3.05) is 0 Å².